The fourth-order valence-corrected chi connectivity index (χ4v) is 4.08. The molecule has 1 aliphatic rings. The molecule has 0 aliphatic carbocycles. The van der Waals surface area contributed by atoms with Crippen molar-refractivity contribution < 1.29 is 14.3 Å². The molecule has 1 saturated heterocycles. The summed E-state index contributed by atoms with van der Waals surface area (Å²) in [5.74, 6) is 0.786. The molecule has 1 aliphatic heterocycles. The molecule has 1 N–H and O–H groups in total. The van der Waals surface area contributed by atoms with Gasteiger partial charge in [-0.2, -0.15) is 0 Å². The van der Waals surface area contributed by atoms with Gasteiger partial charge in [-0.3, -0.25) is 9.69 Å². The number of methoxy groups -OCH3 is 1. The molecular formula is C25H20Cl2N2O3S. The summed E-state index contributed by atoms with van der Waals surface area (Å²) in [4.78, 5) is 14.7. The van der Waals surface area contributed by atoms with Crippen LogP contribution in [0.5, 0.6) is 11.5 Å². The van der Waals surface area contributed by atoms with E-state index in [0.717, 1.165) is 16.8 Å². The number of hydrogen-bond donors (Lipinski definition) is 1. The summed E-state index contributed by atoms with van der Waals surface area (Å²) >= 11 is 17.6. The fourth-order valence-electron chi connectivity index (χ4n) is 3.47. The fraction of sp³-hybridized carbons (Fsp3) is 0.120. The van der Waals surface area contributed by atoms with E-state index in [1.54, 1.807) is 31.4 Å². The van der Waals surface area contributed by atoms with Crippen molar-refractivity contribution in [2.24, 2.45) is 0 Å². The van der Waals surface area contributed by atoms with E-state index < -0.39 is 0 Å². The molecule has 1 fully saturated rings. The zero-order valence-electron chi connectivity index (χ0n) is 17.9. The number of anilines is 1. The monoisotopic (exact) mass is 498 g/mol. The number of benzene rings is 3. The number of carbonyl (C=O) groups is 1. The molecule has 0 saturated carbocycles. The van der Waals surface area contributed by atoms with Crippen molar-refractivity contribution in [3.8, 4) is 11.5 Å². The Kier molecular flexibility index (Phi) is 6.88. The van der Waals surface area contributed by atoms with Crippen LogP contribution in [0.15, 0.2) is 66.4 Å². The summed E-state index contributed by atoms with van der Waals surface area (Å²) in [6.07, 6.45) is 1.71. The van der Waals surface area contributed by atoms with Crippen LogP contribution in [0.2, 0.25) is 10.0 Å². The third kappa shape index (κ3) is 4.83. The largest absolute Gasteiger partial charge is 0.493 e. The van der Waals surface area contributed by atoms with Crippen LogP contribution in [0.25, 0.3) is 6.08 Å². The molecular weight excluding hydrogens is 479 g/mol. The number of aryl methyl sites for hydroxylation is 1. The van der Waals surface area contributed by atoms with Crippen LogP contribution in [-0.2, 0) is 11.4 Å². The highest BCUT2D eigenvalue weighted by Gasteiger charge is 2.33. The van der Waals surface area contributed by atoms with Crippen LogP contribution in [-0.4, -0.2) is 18.1 Å². The SMILES string of the molecule is COc1cccc(/C=C2/NC(=S)N(c3ccccc3C)C2=O)c1OCc1ccc(Cl)c(Cl)c1. The lowest BCUT2D eigenvalue weighted by atomic mass is 10.1. The van der Waals surface area contributed by atoms with Gasteiger partial charge in [0, 0.05) is 5.56 Å². The zero-order valence-corrected chi connectivity index (χ0v) is 20.2. The highest BCUT2D eigenvalue weighted by molar-refractivity contribution is 7.80. The van der Waals surface area contributed by atoms with Crippen molar-refractivity contribution in [1.82, 2.24) is 5.32 Å². The number of nitrogens with zero attached hydrogens (tertiary/aromatic N) is 1. The maximum atomic E-state index is 13.2. The molecule has 33 heavy (non-hydrogen) atoms. The number of hydrogen-bond acceptors (Lipinski definition) is 4. The van der Waals surface area contributed by atoms with Crippen LogP contribution >= 0.6 is 35.4 Å². The van der Waals surface area contributed by atoms with E-state index in [1.165, 1.54) is 4.90 Å². The first-order chi connectivity index (χ1) is 15.9. The molecule has 0 atom stereocenters. The number of thiocarbonyl (C=S) groups is 1. The van der Waals surface area contributed by atoms with Gasteiger partial charge in [-0.1, -0.05) is 59.6 Å². The summed E-state index contributed by atoms with van der Waals surface area (Å²) in [6.45, 7) is 2.17. The second-order valence-corrected chi connectivity index (χ2v) is 8.53. The number of nitrogens with one attached hydrogen (secondary N) is 1. The van der Waals surface area contributed by atoms with Crippen molar-refractivity contribution >= 4 is 58.2 Å². The van der Waals surface area contributed by atoms with Crippen molar-refractivity contribution in [2.45, 2.75) is 13.5 Å². The quantitative estimate of drug-likeness (QED) is 0.326. The van der Waals surface area contributed by atoms with E-state index in [-0.39, 0.29) is 12.5 Å². The molecule has 168 valence electrons. The third-order valence-electron chi connectivity index (χ3n) is 5.13. The second-order valence-electron chi connectivity index (χ2n) is 7.33. The predicted octanol–water partition coefficient (Wildman–Crippen LogP) is 6.15. The molecule has 0 aromatic heterocycles. The van der Waals surface area contributed by atoms with Gasteiger partial charge in [-0.15, -0.1) is 0 Å². The molecule has 5 nitrogen and oxygen atoms in total. The number of para-hydroxylation sites is 2. The van der Waals surface area contributed by atoms with Crippen molar-refractivity contribution in [1.29, 1.82) is 0 Å². The molecule has 0 unspecified atom stereocenters. The van der Waals surface area contributed by atoms with Crippen LogP contribution in [0, 0.1) is 6.92 Å². The van der Waals surface area contributed by atoms with Gasteiger partial charge < -0.3 is 14.8 Å². The summed E-state index contributed by atoms with van der Waals surface area (Å²) in [6, 6.07) is 18.3. The molecule has 1 amide bonds. The Balaban J connectivity index is 1.65. The van der Waals surface area contributed by atoms with Gasteiger partial charge in [0.1, 0.15) is 12.3 Å². The maximum Gasteiger partial charge on any atom is 0.281 e. The van der Waals surface area contributed by atoms with Crippen molar-refractivity contribution in [3.63, 3.8) is 0 Å². The van der Waals surface area contributed by atoms with E-state index in [4.69, 9.17) is 44.9 Å². The molecule has 4 rings (SSSR count). The van der Waals surface area contributed by atoms with Crippen LogP contribution < -0.4 is 19.7 Å². The normalized spacial score (nSPS) is 14.5. The Labute approximate surface area is 207 Å². The number of amides is 1. The summed E-state index contributed by atoms with van der Waals surface area (Å²) < 4.78 is 11.6. The minimum Gasteiger partial charge on any atom is -0.493 e. The number of rotatable bonds is 6. The standard InChI is InChI=1S/C25H20Cl2N2O3S/c1-15-6-3-4-8-21(15)29-24(30)20(28-25(29)33)13-17-7-5-9-22(31-2)23(17)32-14-16-10-11-18(26)19(27)12-16/h3-13H,14H2,1-2H3,(H,28,33)/b20-13+. The number of ether oxygens (including phenoxy) is 2. The Morgan fingerprint density at radius 3 is 2.58 bits per heavy atom. The van der Waals surface area contributed by atoms with Crippen molar-refractivity contribution in [2.75, 3.05) is 12.0 Å². The maximum absolute atomic E-state index is 13.2. The van der Waals surface area contributed by atoms with E-state index in [1.807, 2.05) is 49.4 Å². The van der Waals surface area contributed by atoms with Gasteiger partial charge in [0.25, 0.3) is 5.91 Å². The number of carbonyl (C=O) groups excluding carboxylic acids is 1. The molecule has 0 bridgehead atoms. The first-order valence-corrected chi connectivity index (χ1v) is 11.2. The van der Waals surface area contributed by atoms with E-state index in [2.05, 4.69) is 5.32 Å². The molecule has 0 spiro atoms. The van der Waals surface area contributed by atoms with E-state index in [9.17, 15) is 4.79 Å². The van der Waals surface area contributed by atoms with E-state index in [0.29, 0.717) is 37.9 Å². The van der Waals surface area contributed by atoms with Gasteiger partial charge in [0.2, 0.25) is 0 Å². The van der Waals surface area contributed by atoms with Crippen LogP contribution in [0.1, 0.15) is 16.7 Å². The number of halogens is 2. The van der Waals surface area contributed by atoms with E-state index >= 15 is 0 Å². The molecule has 8 heteroatoms. The minimum atomic E-state index is -0.243. The first kappa shape index (κ1) is 23.1. The third-order valence-corrected chi connectivity index (χ3v) is 6.15. The summed E-state index contributed by atoms with van der Waals surface area (Å²) in [5.41, 5.74) is 3.54. The second kappa shape index (κ2) is 9.83. The Hall–Kier alpha value is -3.06. The Morgan fingerprint density at radius 2 is 1.85 bits per heavy atom. The average molecular weight is 499 g/mol. The highest BCUT2D eigenvalue weighted by Crippen LogP contribution is 2.35. The smallest absolute Gasteiger partial charge is 0.281 e. The topological polar surface area (TPSA) is 50.8 Å². The molecule has 3 aromatic carbocycles. The summed E-state index contributed by atoms with van der Waals surface area (Å²) in [5, 5.41) is 4.27. The van der Waals surface area contributed by atoms with Gasteiger partial charge >= 0.3 is 0 Å². The highest BCUT2D eigenvalue weighted by atomic mass is 35.5. The van der Waals surface area contributed by atoms with Gasteiger partial charge in [-0.05, 0) is 60.6 Å². The van der Waals surface area contributed by atoms with Crippen LogP contribution in [0.3, 0.4) is 0 Å². The average Bonchev–Trinajstić information content (AvgIpc) is 3.08. The Morgan fingerprint density at radius 1 is 1.06 bits per heavy atom. The van der Waals surface area contributed by atoms with Gasteiger partial charge in [0.15, 0.2) is 16.6 Å². The van der Waals surface area contributed by atoms with Gasteiger partial charge in [0.05, 0.1) is 22.8 Å². The summed E-state index contributed by atoms with van der Waals surface area (Å²) in [7, 11) is 1.56. The zero-order chi connectivity index (χ0) is 23.5. The molecule has 3 aromatic rings. The lowest BCUT2D eigenvalue weighted by Crippen LogP contribution is -2.30. The minimum absolute atomic E-state index is 0.239. The van der Waals surface area contributed by atoms with Gasteiger partial charge in [-0.25, -0.2) is 0 Å². The lowest BCUT2D eigenvalue weighted by molar-refractivity contribution is -0.113. The predicted molar refractivity (Wildman–Crippen MR) is 136 cm³/mol. The first-order valence-electron chi connectivity index (χ1n) is 10.1. The Bertz CT molecular complexity index is 1280. The molecule has 1 heterocycles. The van der Waals surface area contributed by atoms with Crippen LogP contribution in [0.4, 0.5) is 5.69 Å². The lowest BCUT2D eigenvalue weighted by Gasteiger charge is -2.16. The van der Waals surface area contributed by atoms with Crippen molar-refractivity contribution in [3.05, 3.63) is 93.1 Å². The molecule has 0 radical (unpaired) electrons.